The zero-order chi connectivity index (χ0) is 16.8. The van der Waals surface area contributed by atoms with Crippen molar-refractivity contribution in [3.05, 3.63) is 59.7 Å². The van der Waals surface area contributed by atoms with Crippen LogP contribution >= 0.6 is 24.0 Å². The second kappa shape index (κ2) is 9.50. The van der Waals surface area contributed by atoms with Crippen molar-refractivity contribution in [3.8, 4) is 11.5 Å². The molecule has 0 atom stereocenters. The van der Waals surface area contributed by atoms with Crippen LogP contribution in [-0.2, 0) is 13.0 Å². The molecular formula is C19H24IN3O2. The van der Waals surface area contributed by atoms with Crippen molar-refractivity contribution in [2.24, 2.45) is 4.99 Å². The lowest BCUT2D eigenvalue weighted by Gasteiger charge is -2.17. The first kappa shape index (κ1) is 19.4. The van der Waals surface area contributed by atoms with Gasteiger partial charge >= 0.3 is 0 Å². The molecule has 0 saturated heterocycles. The van der Waals surface area contributed by atoms with E-state index in [-0.39, 0.29) is 24.0 Å². The second-order valence-corrected chi connectivity index (χ2v) is 5.88. The first-order valence-electron chi connectivity index (χ1n) is 8.10. The molecule has 1 aliphatic rings. The summed E-state index contributed by atoms with van der Waals surface area (Å²) in [4.78, 5) is 6.67. The van der Waals surface area contributed by atoms with Crippen LogP contribution in [0.2, 0.25) is 0 Å². The van der Waals surface area contributed by atoms with Gasteiger partial charge in [0.15, 0.2) is 17.5 Å². The molecule has 1 N–H and O–H groups in total. The lowest BCUT2D eigenvalue weighted by Crippen LogP contribution is -2.37. The van der Waals surface area contributed by atoms with Crippen molar-refractivity contribution in [1.82, 2.24) is 10.2 Å². The normalized spacial score (nSPS) is 12.5. The highest BCUT2D eigenvalue weighted by Gasteiger charge is 2.13. The van der Waals surface area contributed by atoms with E-state index in [4.69, 9.17) is 9.47 Å². The molecule has 1 heterocycles. The zero-order valence-electron chi connectivity index (χ0n) is 14.6. The summed E-state index contributed by atoms with van der Waals surface area (Å²) >= 11 is 0. The smallest absolute Gasteiger partial charge is 0.231 e. The van der Waals surface area contributed by atoms with E-state index in [1.807, 2.05) is 49.3 Å². The van der Waals surface area contributed by atoms with Crippen LogP contribution in [0.1, 0.15) is 11.1 Å². The molecule has 6 heteroatoms. The number of nitrogens with one attached hydrogen (secondary N) is 1. The van der Waals surface area contributed by atoms with Gasteiger partial charge in [0.05, 0.1) is 6.54 Å². The molecule has 1 aliphatic heterocycles. The van der Waals surface area contributed by atoms with E-state index in [0.29, 0.717) is 13.3 Å². The minimum absolute atomic E-state index is 0. The quantitative estimate of drug-likeness (QED) is 0.429. The maximum atomic E-state index is 5.42. The molecule has 0 radical (unpaired) electrons. The maximum Gasteiger partial charge on any atom is 0.231 e. The number of hydrogen-bond donors (Lipinski definition) is 1. The Morgan fingerprint density at radius 1 is 1.04 bits per heavy atom. The summed E-state index contributed by atoms with van der Waals surface area (Å²) in [6, 6.07) is 16.3. The first-order chi connectivity index (χ1) is 11.7. The Hall–Kier alpha value is -1.96. The Morgan fingerprint density at radius 3 is 2.56 bits per heavy atom. The minimum atomic E-state index is 0. The summed E-state index contributed by atoms with van der Waals surface area (Å²) < 4.78 is 10.8. The van der Waals surface area contributed by atoms with Crippen LogP contribution in [0.3, 0.4) is 0 Å². The summed E-state index contributed by atoms with van der Waals surface area (Å²) in [5.41, 5.74) is 2.42. The topological polar surface area (TPSA) is 46.1 Å². The zero-order valence-corrected chi connectivity index (χ0v) is 16.9. The predicted octanol–water partition coefficient (Wildman–Crippen LogP) is 3.28. The van der Waals surface area contributed by atoms with E-state index in [9.17, 15) is 0 Å². The van der Waals surface area contributed by atoms with E-state index in [1.165, 1.54) is 11.1 Å². The van der Waals surface area contributed by atoms with Crippen molar-refractivity contribution in [1.29, 1.82) is 0 Å². The highest BCUT2D eigenvalue weighted by atomic mass is 127. The summed E-state index contributed by atoms with van der Waals surface area (Å²) in [6.45, 7) is 1.80. The lowest BCUT2D eigenvalue weighted by atomic mass is 10.1. The van der Waals surface area contributed by atoms with Crippen molar-refractivity contribution >= 4 is 29.9 Å². The number of benzene rings is 2. The van der Waals surface area contributed by atoms with Crippen LogP contribution in [-0.4, -0.2) is 38.3 Å². The van der Waals surface area contributed by atoms with Gasteiger partial charge in [0, 0.05) is 20.6 Å². The average molecular weight is 453 g/mol. The van der Waals surface area contributed by atoms with Crippen LogP contribution in [0.5, 0.6) is 11.5 Å². The minimum Gasteiger partial charge on any atom is -0.454 e. The fourth-order valence-corrected chi connectivity index (χ4v) is 2.52. The van der Waals surface area contributed by atoms with Crippen LogP contribution < -0.4 is 14.8 Å². The molecule has 0 aromatic heterocycles. The number of ether oxygens (including phenoxy) is 2. The van der Waals surface area contributed by atoms with Crippen molar-refractivity contribution in [3.63, 3.8) is 0 Å². The van der Waals surface area contributed by atoms with E-state index in [2.05, 4.69) is 28.5 Å². The molecule has 0 aliphatic carbocycles. The number of halogens is 1. The molecule has 5 nitrogen and oxygen atoms in total. The summed E-state index contributed by atoms with van der Waals surface area (Å²) in [5, 5.41) is 3.41. The number of guanidine groups is 1. The number of hydrogen-bond acceptors (Lipinski definition) is 3. The van der Waals surface area contributed by atoms with E-state index in [1.54, 1.807) is 0 Å². The molecule has 0 amide bonds. The Bertz CT molecular complexity index is 705. The van der Waals surface area contributed by atoms with Gasteiger partial charge in [-0.15, -0.1) is 24.0 Å². The molecule has 25 heavy (non-hydrogen) atoms. The Morgan fingerprint density at radius 2 is 1.80 bits per heavy atom. The largest absolute Gasteiger partial charge is 0.454 e. The summed E-state index contributed by atoms with van der Waals surface area (Å²) in [7, 11) is 3.99. The molecule has 2 aromatic carbocycles. The standard InChI is InChI=1S/C19H23N3O2.HI/c1-22(2)19(21-13-16-6-4-3-5-7-16)20-11-10-15-8-9-17-18(12-15)24-14-23-17;/h3-9,12H,10-11,13-14H2,1-2H3,(H,20,21);1H. The SMILES string of the molecule is CN(C)C(=NCc1ccccc1)NCCc1ccc2c(c1)OCO2.I. The third kappa shape index (κ3) is 5.52. The molecule has 0 bridgehead atoms. The summed E-state index contributed by atoms with van der Waals surface area (Å²) in [5.74, 6) is 2.54. The van der Waals surface area contributed by atoms with Gasteiger partial charge in [-0.3, -0.25) is 0 Å². The molecule has 0 spiro atoms. The van der Waals surface area contributed by atoms with Gasteiger partial charge in [0.1, 0.15) is 0 Å². The number of rotatable bonds is 5. The molecule has 2 aromatic rings. The molecule has 0 fully saturated rings. The van der Waals surface area contributed by atoms with Gasteiger partial charge in [0.2, 0.25) is 6.79 Å². The second-order valence-electron chi connectivity index (χ2n) is 5.88. The molecular weight excluding hydrogens is 429 g/mol. The number of nitrogens with zero attached hydrogens (tertiary/aromatic N) is 2. The van der Waals surface area contributed by atoms with Crippen LogP contribution in [0, 0.1) is 0 Å². The molecule has 3 rings (SSSR count). The molecule has 0 unspecified atom stereocenters. The van der Waals surface area contributed by atoms with Gasteiger partial charge in [-0.05, 0) is 29.7 Å². The third-order valence-corrected chi connectivity index (χ3v) is 3.81. The van der Waals surface area contributed by atoms with Crippen molar-refractivity contribution < 1.29 is 9.47 Å². The van der Waals surface area contributed by atoms with Crippen LogP contribution in [0.15, 0.2) is 53.5 Å². The van der Waals surface area contributed by atoms with E-state index in [0.717, 1.165) is 30.4 Å². The highest BCUT2D eigenvalue weighted by Crippen LogP contribution is 2.32. The predicted molar refractivity (Wildman–Crippen MR) is 111 cm³/mol. The van der Waals surface area contributed by atoms with Crippen LogP contribution in [0.4, 0.5) is 0 Å². The van der Waals surface area contributed by atoms with Gasteiger partial charge in [0.25, 0.3) is 0 Å². The van der Waals surface area contributed by atoms with E-state index < -0.39 is 0 Å². The fourth-order valence-electron chi connectivity index (χ4n) is 2.52. The Kier molecular flexibility index (Phi) is 7.36. The van der Waals surface area contributed by atoms with Gasteiger partial charge < -0.3 is 19.7 Å². The fraction of sp³-hybridized carbons (Fsp3) is 0.316. The third-order valence-electron chi connectivity index (χ3n) is 3.81. The summed E-state index contributed by atoms with van der Waals surface area (Å²) in [6.07, 6.45) is 0.898. The lowest BCUT2D eigenvalue weighted by molar-refractivity contribution is 0.174. The van der Waals surface area contributed by atoms with Gasteiger partial charge in [-0.1, -0.05) is 36.4 Å². The Labute approximate surface area is 166 Å². The van der Waals surface area contributed by atoms with Gasteiger partial charge in [-0.2, -0.15) is 0 Å². The maximum absolute atomic E-state index is 5.42. The van der Waals surface area contributed by atoms with Gasteiger partial charge in [-0.25, -0.2) is 4.99 Å². The van der Waals surface area contributed by atoms with Crippen molar-refractivity contribution in [2.45, 2.75) is 13.0 Å². The number of fused-ring (bicyclic) bond motifs is 1. The first-order valence-corrected chi connectivity index (χ1v) is 8.10. The molecule has 0 saturated carbocycles. The van der Waals surface area contributed by atoms with E-state index >= 15 is 0 Å². The Balaban J connectivity index is 0.00000225. The van der Waals surface area contributed by atoms with Crippen LogP contribution in [0.25, 0.3) is 0 Å². The highest BCUT2D eigenvalue weighted by molar-refractivity contribution is 14.0. The number of aliphatic imine (C=N–C) groups is 1. The monoisotopic (exact) mass is 453 g/mol. The molecule has 134 valence electrons. The van der Waals surface area contributed by atoms with Crippen molar-refractivity contribution in [2.75, 3.05) is 27.4 Å². The average Bonchev–Trinajstić information content (AvgIpc) is 3.06.